The first-order valence-electron chi connectivity index (χ1n) is 5.68. The maximum Gasteiger partial charge on any atom is 0.168 e. The van der Waals surface area contributed by atoms with Crippen LogP contribution >= 0.6 is 0 Å². The van der Waals surface area contributed by atoms with Crippen LogP contribution in [-0.2, 0) is 6.42 Å². The van der Waals surface area contributed by atoms with E-state index in [0.717, 1.165) is 16.8 Å². The summed E-state index contributed by atoms with van der Waals surface area (Å²) in [6.07, 6.45) is 2.13. The van der Waals surface area contributed by atoms with Crippen LogP contribution in [0.1, 0.15) is 27.2 Å². The average Bonchev–Trinajstić information content (AvgIpc) is 2.36. The monoisotopic (exact) mass is 225 g/mol. The standard InChI is InChI=1S/C15H15NO/c1-11-8-9-16-14(12(11)2)10-15(17)13-6-4-3-5-7-13/h3-9H,10H2,1-2H3. The lowest BCUT2D eigenvalue weighted by atomic mass is 10.0. The van der Waals surface area contributed by atoms with Crippen LogP contribution in [0.5, 0.6) is 0 Å². The van der Waals surface area contributed by atoms with Crippen molar-refractivity contribution in [3.8, 4) is 0 Å². The summed E-state index contributed by atoms with van der Waals surface area (Å²) in [4.78, 5) is 16.3. The van der Waals surface area contributed by atoms with Crippen molar-refractivity contribution in [3.63, 3.8) is 0 Å². The lowest BCUT2D eigenvalue weighted by molar-refractivity contribution is 0.0991. The first-order valence-corrected chi connectivity index (χ1v) is 5.68. The van der Waals surface area contributed by atoms with Crippen LogP contribution in [0.2, 0.25) is 0 Å². The van der Waals surface area contributed by atoms with E-state index in [9.17, 15) is 4.79 Å². The highest BCUT2D eigenvalue weighted by Crippen LogP contribution is 2.12. The maximum atomic E-state index is 12.0. The fourth-order valence-electron chi connectivity index (χ4n) is 1.74. The van der Waals surface area contributed by atoms with Gasteiger partial charge in [-0.15, -0.1) is 0 Å². The molecule has 2 nitrogen and oxygen atoms in total. The largest absolute Gasteiger partial charge is 0.294 e. The van der Waals surface area contributed by atoms with Gasteiger partial charge in [0, 0.05) is 11.8 Å². The molecule has 0 aliphatic heterocycles. The highest BCUT2D eigenvalue weighted by atomic mass is 16.1. The van der Waals surface area contributed by atoms with E-state index in [1.165, 1.54) is 5.56 Å². The molecule has 0 bridgehead atoms. The van der Waals surface area contributed by atoms with Gasteiger partial charge in [-0.2, -0.15) is 0 Å². The number of Topliss-reactive ketones (excluding diaryl/α,β-unsaturated/α-hetero) is 1. The molecule has 0 amide bonds. The number of carbonyl (C=O) groups is 1. The lowest BCUT2D eigenvalue weighted by Crippen LogP contribution is -2.07. The van der Waals surface area contributed by atoms with E-state index in [0.29, 0.717) is 6.42 Å². The van der Waals surface area contributed by atoms with Gasteiger partial charge in [-0.3, -0.25) is 9.78 Å². The molecule has 2 rings (SSSR count). The third-order valence-corrected chi connectivity index (χ3v) is 3.00. The van der Waals surface area contributed by atoms with E-state index in [-0.39, 0.29) is 5.78 Å². The van der Waals surface area contributed by atoms with Gasteiger partial charge < -0.3 is 0 Å². The molecule has 0 aliphatic carbocycles. The van der Waals surface area contributed by atoms with Crippen LogP contribution in [0.15, 0.2) is 42.6 Å². The van der Waals surface area contributed by atoms with Gasteiger partial charge in [0.15, 0.2) is 5.78 Å². The third kappa shape index (κ3) is 2.59. The van der Waals surface area contributed by atoms with E-state index < -0.39 is 0 Å². The minimum atomic E-state index is 0.117. The van der Waals surface area contributed by atoms with E-state index in [4.69, 9.17) is 0 Å². The quantitative estimate of drug-likeness (QED) is 0.751. The maximum absolute atomic E-state index is 12.0. The van der Waals surface area contributed by atoms with Crippen LogP contribution < -0.4 is 0 Å². The van der Waals surface area contributed by atoms with Crippen LogP contribution in [0.3, 0.4) is 0 Å². The first kappa shape index (κ1) is 11.5. The summed E-state index contributed by atoms with van der Waals surface area (Å²) in [5.74, 6) is 0.117. The zero-order valence-electron chi connectivity index (χ0n) is 10.1. The molecule has 0 spiro atoms. The molecule has 17 heavy (non-hydrogen) atoms. The molecule has 1 heterocycles. The normalized spacial score (nSPS) is 10.2. The van der Waals surface area contributed by atoms with Crippen LogP contribution in [0.4, 0.5) is 0 Å². The van der Waals surface area contributed by atoms with E-state index in [1.807, 2.05) is 50.2 Å². The first-order chi connectivity index (χ1) is 8.18. The SMILES string of the molecule is Cc1ccnc(CC(=O)c2ccccc2)c1C. The van der Waals surface area contributed by atoms with Crippen LogP contribution in [-0.4, -0.2) is 10.8 Å². The van der Waals surface area contributed by atoms with E-state index in [2.05, 4.69) is 4.98 Å². The van der Waals surface area contributed by atoms with Crippen molar-refractivity contribution in [2.24, 2.45) is 0 Å². The second-order valence-corrected chi connectivity index (χ2v) is 4.17. The third-order valence-electron chi connectivity index (χ3n) is 3.00. The van der Waals surface area contributed by atoms with Crippen molar-refractivity contribution < 1.29 is 4.79 Å². The highest BCUT2D eigenvalue weighted by Gasteiger charge is 2.10. The molecule has 2 aromatic rings. The average molecular weight is 225 g/mol. The summed E-state index contributed by atoms with van der Waals surface area (Å²) in [6, 6.07) is 11.3. The predicted octanol–water partition coefficient (Wildman–Crippen LogP) is 3.12. The number of benzene rings is 1. The topological polar surface area (TPSA) is 30.0 Å². The molecule has 0 aliphatic rings. The van der Waals surface area contributed by atoms with Gasteiger partial charge in [-0.1, -0.05) is 30.3 Å². The van der Waals surface area contributed by atoms with Gasteiger partial charge in [0.1, 0.15) is 0 Å². The summed E-state index contributed by atoms with van der Waals surface area (Å²) < 4.78 is 0. The molecule has 2 heteroatoms. The van der Waals surface area contributed by atoms with Gasteiger partial charge in [0.05, 0.1) is 12.1 Å². The lowest BCUT2D eigenvalue weighted by Gasteiger charge is -2.06. The Balaban J connectivity index is 2.22. The number of aromatic nitrogens is 1. The molecule has 0 saturated carbocycles. The summed E-state index contributed by atoms with van der Waals surface area (Å²) in [7, 11) is 0. The Morgan fingerprint density at radius 3 is 2.53 bits per heavy atom. The highest BCUT2D eigenvalue weighted by molar-refractivity contribution is 5.97. The molecule has 0 atom stereocenters. The minimum absolute atomic E-state index is 0.117. The Labute approximate surface area is 101 Å². The molecule has 0 fully saturated rings. The minimum Gasteiger partial charge on any atom is -0.294 e. The molecule has 0 saturated heterocycles. The number of pyridine rings is 1. The number of hydrogen-bond donors (Lipinski definition) is 0. The number of aryl methyl sites for hydroxylation is 1. The molecule has 0 radical (unpaired) electrons. The van der Waals surface area contributed by atoms with Crippen molar-refractivity contribution in [3.05, 3.63) is 65.0 Å². The summed E-state index contributed by atoms with van der Waals surface area (Å²) in [6.45, 7) is 4.05. The summed E-state index contributed by atoms with van der Waals surface area (Å²) in [5.41, 5.74) is 3.90. The number of hydrogen-bond acceptors (Lipinski definition) is 2. The number of ketones is 1. The van der Waals surface area contributed by atoms with Crippen molar-refractivity contribution >= 4 is 5.78 Å². The van der Waals surface area contributed by atoms with Crippen molar-refractivity contribution in [1.82, 2.24) is 4.98 Å². The fraction of sp³-hybridized carbons (Fsp3) is 0.200. The molecule has 86 valence electrons. The molecule has 0 N–H and O–H groups in total. The number of rotatable bonds is 3. The van der Waals surface area contributed by atoms with Gasteiger partial charge in [0.2, 0.25) is 0 Å². The van der Waals surface area contributed by atoms with Crippen molar-refractivity contribution in [2.75, 3.05) is 0 Å². The second kappa shape index (κ2) is 4.91. The Morgan fingerprint density at radius 1 is 1.12 bits per heavy atom. The molecule has 1 aromatic carbocycles. The second-order valence-electron chi connectivity index (χ2n) is 4.17. The smallest absolute Gasteiger partial charge is 0.168 e. The zero-order valence-corrected chi connectivity index (χ0v) is 10.1. The zero-order chi connectivity index (χ0) is 12.3. The van der Waals surface area contributed by atoms with Crippen LogP contribution in [0.25, 0.3) is 0 Å². The Kier molecular flexibility index (Phi) is 3.33. The molecule has 0 unspecified atom stereocenters. The fourth-order valence-corrected chi connectivity index (χ4v) is 1.74. The number of nitrogens with zero attached hydrogens (tertiary/aromatic N) is 1. The molecular weight excluding hydrogens is 210 g/mol. The van der Waals surface area contributed by atoms with Gasteiger partial charge in [-0.25, -0.2) is 0 Å². The number of carbonyl (C=O) groups excluding carboxylic acids is 1. The Morgan fingerprint density at radius 2 is 1.82 bits per heavy atom. The summed E-state index contributed by atoms with van der Waals surface area (Å²) in [5, 5.41) is 0. The molecular formula is C15H15NO. The van der Waals surface area contributed by atoms with Gasteiger partial charge >= 0.3 is 0 Å². The van der Waals surface area contributed by atoms with E-state index >= 15 is 0 Å². The summed E-state index contributed by atoms with van der Waals surface area (Å²) >= 11 is 0. The van der Waals surface area contributed by atoms with Gasteiger partial charge in [0.25, 0.3) is 0 Å². The predicted molar refractivity (Wildman–Crippen MR) is 68.2 cm³/mol. The van der Waals surface area contributed by atoms with Crippen molar-refractivity contribution in [1.29, 1.82) is 0 Å². The van der Waals surface area contributed by atoms with Crippen LogP contribution in [0, 0.1) is 13.8 Å². The molecule has 1 aromatic heterocycles. The van der Waals surface area contributed by atoms with E-state index in [1.54, 1.807) is 6.20 Å². The Bertz CT molecular complexity index is 532. The van der Waals surface area contributed by atoms with Gasteiger partial charge in [-0.05, 0) is 31.0 Å². The Hall–Kier alpha value is -1.96. The van der Waals surface area contributed by atoms with Crippen molar-refractivity contribution in [2.45, 2.75) is 20.3 Å².